The molecule has 1 aromatic rings. The molecule has 0 bridgehead atoms. The summed E-state index contributed by atoms with van der Waals surface area (Å²) in [6.07, 6.45) is 0.588. The maximum atomic E-state index is 8.28. The second kappa shape index (κ2) is 4.91. The van der Waals surface area contributed by atoms with Gasteiger partial charge in [-0.15, -0.1) is 11.3 Å². The van der Waals surface area contributed by atoms with Crippen LogP contribution in [0.2, 0.25) is 0 Å². The van der Waals surface area contributed by atoms with E-state index in [1.807, 2.05) is 0 Å². The van der Waals surface area contributed by atoms with Gasteiger partial charge in [0.25, 0.3) is 0 Å². The van der Waals surface area contributed by atoms with Gasteiger partial charge in [-0.25, -0.2) is 0 Å². The summed E-state index contributed by atoms with van der Waals surface area (Å²) in [5.41, 5.74) is 0. The molecule has 0 atom stereocenters. The summed E-state index contributed by atoms with van der Waals surface area (Å²) in [5, 5.41) is 11.5. The molecule has 0 saturated carbocycles. The molecule has 1 heterocycles. The van der Waals surface area contributed by atoms with Gasteiger partial charge < -0.3 is 5.32 Å². The van der Waals surface area contributed by atoms with Crippen molar-refractivity contribution >= 4 is 11.3 Å². The molecular weight excluding hydrogens is 168 g/mol. The third-order valence-corrected chi connectivity index (χ3v) is 2.51. The second-order valence-electron chi connectivity index (χ2n) is 2.60. The first kappa shape index (κ1) is 9.24. The van der Waals surface area contributed by atoms with Gasteiger partial charge in [-0.3, -0.25) is 0 Å². The lowest BCUT2D eigenvalue weighted by Gasteiger charge is -1.97. The molecule has 1 aromatic heterocycles. The normalized spacial score (nSPS) is 9.67. The Morgan fingerprint density at radius 2 is 2.42 bits per heavy atom. The number of hydrogen-bond acceptors (Lipinski definition) is 3. The summed E-state index contributed by atoms with van der Waals surface area (Å²) >= 11 is 1.80. The Bertz CT molecular complexity index is 272. The van der Waals surface area contributed by atoms with Gasteiger partial charge in [0, 0.05) is 29.3 Å². The summed E-state index contributed by atoms with van der Waals surface area (Å²) < 4.78 is 0. The van der Waals surface area contributed by atoms with E-state index in [9.17, 15) is 0 Å². The van der Waals surface area contributed by atoms with E-state index in [1.165, 1.54) is 9.75 Å². The second-order valence-corrected chi connectivity index (χ2v) is 3.97. The first-order chi connectivity index (χ1) is 5.83. The van der Waals surface area contributed by atoms with Gasteiger partial charge in [0.2, 0.25) is 0 Å². The first-order valence-corrected chi connectivity index (χ1v) is 4.77. The van der Waals surface area contributed by atoms with E-state index < -0.39 is 0 Å². The molecule has 1 N–H and O–H groups in total. The monoisotopic (exact) mass is 180 g/mol. The highest BCUT2D eigenvalue weighted by Gasteiger charge is 1.94. The zero-order valence-electron chi connectivity index (χ0n) is 7.13. The van der Waals surface area contributed by atoms with E-state index in [2.05, 4.69) is 30.4 Å². The molecule has 0 aliphatic rings. The molecule has 0 radical (unpaired) electrons. The zero-order valence-corrected chi connectivity index (χ0v) is 7.95. The Morgan fingerprint density at radius 3 is 3.00 bits per heavy atom. The Hall–Kier alpha value is -0.850. The molecule has 0 fully saturated rings. The summed E-state index contributed by atoms with van der Waals surface area (Å²) in [5.74, 6) is 0. The van der Waals surface area contributed by atoms with E-state index in [0.29, 0.717) is 6.42 Å². The molecule has 0 aliphatic heterocycles. The molecular formula is C9H12N2S. The van der Waals surface area contributed by atoms with E-state index in [1.54, 1.807) is 11.3 Å². The molecule has 12 heavy (non-hydrogen) atoms. The van der Waals surface area contributed by atoms with Crippen LogP contribution < -0.4 is 5.32 Å². The van der Waals surface area contributed by atoms with Gasteiger partial charge in [-0.05, 0) is 19.1 Å². The number of hydrogen-bond donors (Lipinski definition) is 1. The van der Waals surface area contributed by atoms with Crippen molar-refractivity contribution in [1.82, 2.24) is 5.32 Å². The van der Waals surface area contributed by atoms with E-state index in [4.69, 9.17) is 5.26 Å². The smallest absolute Gasteiger partial charge is 0.0635 e. The quantitative estimate of drug-likeness (QED) is 0.720. The Labute approximate surface area is 76.8 Å². The Morgan fingerprint density at radius 1 is 1.58 bits per heavy atom. The number of thiophene rings is 1. The van der Waals surface area contributed by atoms with Gasteiger partial charge in [0.1, 0.15) is 0 Å². The number of nitrogens with one attached hydrogen (secondary N) is 1. The van der Waals surface area contributed by atoms with Crippen LogP contribution in [0, 0.1) is 18.3 Å². The van der Waals surface area contributed by atoms with Crippen LogP contribution in [0.1, 0.15) is 16.2 Å². The minimum Gasteiger partial charge on any atom is -0.311 e. The topological polar surface area (TPSA) is 35.8 Å². The molecule has 1 rings (SSSR count). The number of nitriles is 1. The predicted molar refractivity (Wildman–Crippen MR) is 51.0 cm³/mol. The third-order valence-electron chi connectivity index (χ3n) is 1.51. The van der Waals surface area contributed by atoms with Crippen LogP contribution in [-0.4, -0.2) is 6.54 Å². The van der Waals surface area contributed by atoms with E-state index >= 15 is 0 Å². The van der Waals surface area contributed by atoms with Gasteiger partial charge in [-0.2, -0.15) is 5.26 Å². The molecule has 0 unspecified atom stereocenters. The highest BCUT2D eigenvalue weighted by atomic mass is 32.1. The van der Waals surface area contributed by atoms with Gasteiger partial charge in [0.15, 0.2) is 0 Å². The van der Waals surface area contributed by atoms with E-state index in [-0.39, 0.29) is 0 Å². The van der Waals surface area contributed by atoms with Crippen LogP contribution in [0.3, 0.4) is 0 Å². The number of rotatable bonds is 4. The lowest BCUT2D eigenvalue weighted by molar-refractivity contribution is 0.706. The predicted octanol–water partition coefficient (Wildman–Crippen LogP) is 2.06. The van der Waals surface area contributed by atoms with E-state index in [0.717, 1.165) is 13.1 Å². The largest absolute Gasteiger partial charge is 0.311 e. The summed E-state index contributed by atoms with van der Waals surface area (Å²) in [4.78, 5) is 2.68. The molecule has 0 spiro atoms. The Balaban J connectivity index is 2.21. The molecule has 0 saturated heterocycles. The van der Waals surface area contributed by atoms with Crippen LogP contribution >= 0.6 is 11.3 Å². The van der Waals surface area contributed by atoms with Crippen LogP contribution in [0.5, 0.6) is 0 Å². The van der Waals surface area contributed by atoms with Crippen LogP contribution in [0.15, 0.2) is 12.1 Å². The lowest BCUT2D eigenvalue weighted by Crippen LogP contribution is -2.12. The minimum absolute atomic E-state index is 0.588. The van der Waals surface area contributed by atoms with Crippen molar-refractivity contribution in [2.45, 2.75) is 19.9 Å². The fourth-order valence-corrected chi connectivity index (χ4v) is 1.80. The molecule has 3 heteroatoms. The van der Waals surface area contributed by atoms with Crippen molar-refractivity contribution < 1.29 is 0 Å². The summed E-state index contributed by atoms with van der Waals surface area (Å²) in [6, 6.07) is 6.34. The molecule has 0 aliphatic carbocycles. The number of aryl methyl sites for hydroxylation is 1. The zero-order chi connectivity index (χ0) is 8.81. The molecule has 64 valence electrons. The van der Waals surface area contributed by atoms with Crippen LogP contribution in [0.4, 0.5) is 0 Å². The van der Waals surface area contributed by atoms with Crippen molar-refractivity contribution in [3.63, 3.8) is 0 Å². The van der Waals surface area contributed by atoms with Crippen molar-refractivity contribution in [3.8, 4) is 6.07 Å². The molecule has 0 aromatic carbocycles. The molecule has 0 amide bonds. The van der Waals surface area contributed by atoms with Crippen molar-refractivity contribution in [2.24, 2.45) is 0 Å². The van der Waals surface area contributed by atoms with Crippen LogP contribution in [0.25, 0.3) is 0 Å². The van der Waals surface area contributed by atoms with Gasteiger partial charge in [0.05, 0.1) is 6.07 Å². The third kappa shape index (κ3) is 3.04. The SMILES string of the molecule is Cc1ccc(CNCCC#N)s1. The summed E-state index contributed by atoms with van der Waals surface area (Å²) in [7, 11) is 0. The average molecular weight is 180 g/mol. The van der Waals surface area contributed by atoms with Crippen molar-refractivity contribution in [2.75, 3.05) is 6.54 Å². The summed E-state index contributed by atoms with van der Waals surface area (Å²) in [6.45, 7) is 3.77. The fourth-order valence-electron chi connectivity index (χ4n) is 0.936. The maximum Gasteiger partial charge on any atom is 0.0635 e. The van der Waals surface area contributed by atoms with Crippen molar-refractivity contribution in [1.29, 1.82) is 5.26 Å². The average Bonchev–Trinajstić information content (AvgIpc) is 2.45. The van der Waals surface area contributed by atoms with Crippen molar-refractivity contribution in [3.05, 3.63) is 21.9 Å². The van der Waals surface area contributed by atoms with Gasteiger partial charge in [-0.1, -0.05) is 0 Å². The fraction of sp³-hybridized carbons (Fsp3) is 0.444. The lowest BCUT2D eigenvalue weighted by atomic mass is 10.4. The highest BCUT2D eigenvalue weighted by Crippen LogP contribution is 2.14. The van der Waals surface area contributed by atoms with Crippen LogP contribution in [-0.2, 0) is 6.54 Å². The number of nitrogens with zero attached hydrogens (tertiary/aromatic N) is 1. The Kier molecular flexibility index (Phi) is 3.78. The van der Waals surface area contributed by atoms with Gasteiger partial charge >= 0.3 is 0 Å². The first-order valence-electron chi connectivity index (χ1n) is 3.96. The highest BCUT2D eigenvalue weighted by molar-refractivity contribution is 7.11. The molecule has 2 nitrogen and oxygen atoms in total. The minimum atomic E-state index is 0.588. The maximum absolute atomic E-state index is 8.28. The standard InChI is InChI=1S/C9H12N2S/c1-8-3-4-9(12-8)7-11-6-2-5-10/h3-4,11H,2,6-7H2,1H3.